The van der Waals surface area contributed by atoms with E-state index in [-0.39, 0.29) is 0 Å². The second kappa shape index (κ2) is 2.45. The summed E-state index contributed by atoms with van der Waals surface area (Å²) >= 11 is 0. The Morgan fingerprint density at radius 2 is 2.18 bits per heavy atom. The number of nitrogens with zero attached hydrogens (tertiary/aromatic N) is 2. The molecule has 0 unspecified atom stereocenters. The number of hydrogen-bond donors (Lipinski definition) is 1. The minimum absolute atomic E-state index is 0.395. The number of anilines is 2. The van der Waals surface area contributed by atoms with Crippen molar-refractivity contribution in [3.8, 4) is 0 Å². The zero-order chi connectivity index (χ0) is 7.68. The van der Waals surface area contributed by atoms with Crippen molar-refractivity contribution in [1.82, 2.24) is 4.98 Å². The first-order valence-corrected chi connectivity index (χ1v) is 3.82. The molecule has 0 saturated carbocycles. The van der Waals surface area contributed by atoms with Crippen molar-refractivity contribution in [3.05, 3.63) is 6.20 Å². The molecular formula is C7H11N3O. The maximum Gasteiger partial charge on any atom is 0.299 e. The smallest absolute Gasteiger partial charge is 0.299 e. The Bertz CT molecular complexity index is 240. The summed E-state index contributed by atoms with van der Waals surface area (Å²) in [5.74, 6) is 0.395. The number of rotatable bonds is 1. The molecule has 0 atom stereocenters. The van der Waals surface area contributed by atoms with E-state index in [1.54, 1.807) is 6.20 Å². The Labute approximate surface area is 65.0 Å². The van der Waals surface area contributed by atoms with Crippen molar-refractivity contribution < 1.29 is 4.42 Å². The van der Waals surface area contributed by atoms with Gasteiger partial charge >= 0.3 is 0 Å². The van der Waals surface area contributed by atoms with Crippen LogP contribution in [-0.4, -0.2) is 18.1 Å². The average Bonchev–Trinajstić information content (AvgIpc) is 2.55. The van der Waals surface area contributed by atoms with Gasteiger partial charge in [0.1, 0.15) is 0 Å². The molecule has 1 saturated heterocycles. The highest BCUT2D eigenvalue weighted by atomic mass is 16.4. The molecule has 0 bridgehead atoms. The van der Waals surface area contributed by atoms with Crippen molar-refractivity contribution in [2.75, 3.05) is 23.7 Å². The van der Waals surface area contributed by atoms with E-state index < -0.39 is 0 Å². The Balaban J connectivity index is 2.15. The Kier molecular flexibility index (Phi) is 1.45. The van der Waals surface area contributed by atoms with E-state index in [0.29, 0.717) is 11.9 Å². The van der Waals surface area contributed by atoms with E-state index in [9.17, 15) is 0 Å². The van der Waals surface area contributed by atoms with Gasteiger partial charge in [0.05, 0.1) is 6.20 Å². The molecule has 1 aromatic rings. The van der Waals surface area contributed by atoms with Crippen molar-refractivity contribution in [3.63, 3.8) is 0 Å². The van der Waals surface area contributed by atoms with Crippen LogP contribution < -0.4 is 10.6 Å². The highest BCUT2D eigenvalue weighted by Crippen LogP contribution is 2.19. The summed E-state index contributed by atoms with van der Waals surface area (Å²) < 4.78 is 5.16. The molecule has 11 heavy (non-hydrogen) atoms. The lowest BCUT2D eigenvalue weighted by molar-refractivity contribution is 0.564. The molecule has 4 nitrogen and oxygen atoms in total. The predicted octanol–water partition coefficient (Wildman–Crippen LogP) is 0.857. The van der Waals surface area contributed by atoms with Crippen molar-refractivity contribution in [2.24, 2.45) is 0 Å². The zero-order valence-corrected chi connectivity index (χ0v) is 6.29. The van der Waals surface area contributed by atoms with Crippen LogP contribution in [0.15, 0.2) is 10.6 Å². The number of nitrogens with two attached hydrogens (primary N) is 1. The number of hydrogen-bond acceptors (Lipinski definition) is 4. The monoisotopic (exact) mass is 153 g/mol. The van der Waals surface area contributed by atoms with Gasteiger partial charge < -0.3 is 15.1 Å². The van der Waals surface area contributed by atoms with Crippen LogP contribution in [0.1, 0.15) is 12.8 Å². The molecule has 2 N–H and O–H groups in total. The largest absolute Gasteiger partial charge is 0.408 e. The summed E-state index contributed by atoms with van der Waals surface area (Å²) in [5.41, 5.74) is 5.39. The molecule has 2 rings (SSSR count). The molecule has 1 aliphatic rings. The lowest BCUT2D eigenvalue weighted by atomic mass is 10.4. The van der Waals surface area contributed by atoms with Crippen LogP contribution in [0.25, 0.3) is 0 Å². The molecule has 0 amide bonds. The van der Waals surface area contributed by atoms with Crippen LogP contribution in [0.3, 0.4) is 0 Å². The van der Waals surface area contributed by atoms with Gasteiger partial charge in [-0.1, -0.05) is 0 Å². The summed E-state index contributed by atoms with van der Waals surface area (Å²) in [7, 11) is 0. The Morgan fingerprint density at radius 3 is 2.73 bits per heavy atom. The third kappa shape index (κ3) is 1.15. The second-order valence-electron chi connectivity index (χ2n) is 2.74. The van der Waals surface area contributed by atoms with Gasteiger partial charge in [-0.25, -0.2) is 0 Å². The molecule has 0 radical (unpaired) electrons. The molecule has 1 aromatic heterocycles. The van der Waals surface area contributed by atoms with E-state index in [0.717, 1.165) is 13.1 Å². The van der Waals surface area contributed by atoms with Gasteiger partial charge in [-0.05, 0) is 12.8 Å². The van der Waals surface area contributed by atoms with Gasteiger partial charge in [-0.2, -0.15) is 4.98 Å². The zero-order valence-electron chi connectivity index (χ0n) is 6.29. The van der Waals surface area contributed by atoms with Gasteiger partial charge in [0.25, 0.3) is 6.01 Å². The van der Waals surface area contributed by atoms with Crippen LogP contribution in [-0.2, 0) is 0 Å². The maximum absolute atomic E-state index is 5.39. The number of oxazole rings is 1. The fourth-order valence-corrected chi connectivity index (χ4v) is 1.33. The first-order chi connectivity index (χ1) is 5.36. The number of aromatic nitrogens is 1. The van der Waals surface area contributed by atoms with Gasteiger partial charge in [0, 0.05) is 13.1 Å². The fourth-order valence-electron chi connectivity index (χ4n) is 1.33. The molecule has 0 aliphatic carbocycles. The summed E-state index contributed by atoms with van der Waals surface area (Å²) in [6.45, 7) is 2.08. The van der Waals surface area contributed by atoms with E-state index in [1.807, 2.05) is 0 Å². The SMILES string of the molecule is Nc1cnc(N2CCCC2)o1. The van der Waals surface area contributed by atoms with E-state index in [2.05, 4.69) is 9.88 Å². The molecule has 0 aromatic carbocycles. The molecule has 1 fully saturated rings. The fraction of sp³-hybridized carbons (Fsp3) is 0.571. The molecule has 0 spiro atoms. The minimum Gasteiger partial charge on any atom is -0.408 e. The summed E-state index contributed by atoms with van der Waals surface area (Å²) in [6, 6.07) is 0.667. The molecule has 2 heterocycles. The summed E-state index contributed by atoms with van der Waals surface area (Å²) in [5, 5.41) is 0. The van der Waals surface area contributed by atoms with Crippen LogP contribution >= 0.6 is 0 Å². The highest BCUT2D eigenvalue weighted by Gasteiger charge is 2.16. The van der Waals surface area contributed by atoms with Crippen LogP contribution in [0.5, 0.6) is 0 Å². The third-order valence-electron chi connectivity index (χ3n) is 1.89. The quantitative estimate of drug-likeness (QED) is 0.650. The minimum atomic E-state index is 0.395. The van der Waals surface area contributed by atoms with Gasteiger partial charge in [-0.3, -0.25) is 0 Å². The van der Waals surface area contributed by atoms with Crippen LogP contribution in [0, 0.1) is 0 Å². The molecule has 1 aliphatic heterocycles. The Morgan fingerprint density at radius 1 is 1.45 bits per heavy atom. The summed E-state index contributed by atoms with van der Waals surface area (Å²) in [4.78, 5) is 6.14. The first kappa shape index (κ1) is 6.52. The van der Waals surface area contributed by atoms with Gasteiger partial charge in [-0.15, -0.1) is 0 Å². The highest BCUT2D eigenvalue weighted by molar-refractivity contribution is 5.33. The van der Waals surface area contributed by atoms with Crippen molar-refractivity contribution in [2.45, 2.75) is 12.8 Å². The van der Waals surface area contributed by atoms with Gasteiger partial charge in [0.2, 0.25) is 5.88 Å². The average molecular weight is 153 g/mol. The first-order valence-electron chi connectivity index (χ1n) is 3.82. The van der Waals surface area contributed by atoms with Crippen molar-refractivity contribution in [1.29, 1.82) is 0 Å². The normalized spacial score (nSPS) is 17.6. The van der Waals surface area contributed by atoms with E-state index >= 15 is 0 Å². The lowest BCUT2D eigenvalue weighted by Gasteiger charge is -2.10. The second-order valence-corrected chi connectivity index (χ2v) is 2.74. The van der Waals surface area contributed by atoms with Crippen LogP contribution in [0.4, 0.5) is 11.9 Å². The van der Waals surface area contributed by atoms with E-state index in [4.69, 9.17) is 10.2 Å². The van der Waals surface area contributed by atoms with Crippen LogP contribution in [0.2, 0.25) is 0 Å². The molecular weight excluding hydrogens is 142 g/mol. The maximum atomic E-state index is 5.39. The summed E-state index contributed by atoms with van der Waals surface area (Å²) in [6.07, 6.45) is 4.00. The lowest BCUT2D eigenvalue weighted by Crippen LogP contribution is -2.17. The standard InChI is InChI=1S/C7H11N3O/c8-6-5-9-7(11-6)10-3-1-2-4-10/h5H,1-4,8H2. The topological polar surface area (TPSA) is 55.3 Å². The number of nitrogen functional groups attached to an aromatic ring is 1. The molecule has 4 heteroatoms. The Hall–Kier alpha value is -1.19. The molecule has 60 valence electrons. The van der Waals surface area contributed by atoms with Crippen molar-refractivity contribution >= 4 is 11.9 Å². The van der Waals surface area contributed by atoms with E-state index in [1.165, 1.54) is 12.8 Å². The third-order valence-corrected chi connectivity index (χ3v) is 1.89. The predicted molar refractivity (Wildman–Crippen MR) is 42.4 cm³/mol. The van der Waals surface area contributed by atoms with Gasteiger partial charge in [0.15, 0.2) is 0 Å².